The van der Waals surface area contributed by atoms with Crippen LogP contribution in [0.3, 0.4) is 0 Å². The fourth-order valence-corrected chi connectivity index (χ4v) is 1.83. The summed E-state index contributed by atoms with van der Waals surface area (Å²) in [7, 11) is 1.67. The van der Waals surface area contributed by atoms with Crippen molar-refractivity contribution in [2.75, 3.05) is 7.11 Å². The summed E-state index contributed by atoms with van der Waals surface area (Å²) in [4.78, 5) is 6.06. The quantitative estimate of drug-likeness (QED) is 0.800. The number of hydrogen-bond acceptors (Lipinski definition) is 2. The molecular weight excluding hydrogens is 220 g/mol. The summed E-state index contributed by atoms with van der Waals surface area (Å²) in [5.74, 6) is 0.849. The molecule has 0 atom stereocenters. The molecule has 4 heteroatoms. The number of aromatic nitrogens is 2. The number of nitrogens with one attached hydrogen (secondary N) is 2. The molecule has 16 heavy (non-hydrogen) atoms. The van der Waals surface area contributed by atoms with Crippen LogP contribution in [0.4, 0.5) is 0 Å². The van der Waals surface area contributed by atoms with Crippen molar-refractivity contribution < 1.29 is 4.74 Å². The van der Waals surface area contributed by atoms with Gasteiger partial charge in [0.15, 0.2) is 4.77 Å². The van der Waals surface area contributed by atoms with Crippen LogP contribution < -0.4 is 4.74 Å². The van der Waals surface area contributed by atoms with Crippen molar-refractivity contribution in [1.82, 2.24) is 9.97 Å². The van der Waals surface area contributed by atoms with Gasteiger partial charge >= 0.3 is 0 Å². The van der Waals surface area contributed by atoms with Crippen molar-refractivity contribution >= 4 is 12.2 Å². The van der Waals surface area contributed by atoms with Gasteiger partial charge in [-0.15, -0.1) is 0 Å². The molecule has 0 unspecified atom stereocenters. The molecule has 1 aromatic heterocycles. The molecule has 1 heterocycles. The molecule has 2 N–H and O–H groups in total. The molecule has 0 fully saturated rings. The number of rotatable bonds is 3. The molecule has 3 nitrogen and oxygen atoms in total. The topological polar surface area (TPSA) is 40.8 Å². The number of methoxy groups -OCH3 is 1. The summed E-state index contributed by atoms with van der Waals surface area (Å²) in [5.41, 5.74) is 3.27. The summed E-state index contributed by atoms with van der Waals surface area (Å²) in [6, 6.07) is 6.18. The minimum atomic E-state index is 0.624. The van der Waals surface area contributed by atoms with Crippen LogP contribution in [0.15, 0.2) is 24.4 Å². The van der Waals surface area contributed by atoms with Crippen LogP contribution in [-0.2, 0) is 6.42 Å². The van der Waals surface area contributed by atoms with Gasteiger partial charge in [0.25, 0.3) is 0 Å². The smallest absolute Gasteiger partial charge is 0.174 e. The highest BCUT2D eigenvalue weighted by Gasteiger charge is 2.07. The van der Waals surface area contributed by atoms with Gasteiger partial charge in [0.2, 0.25) is 0 Å². The Bertz CT molecular complexity index is 542. The van der Waals surface area contributed by atoms with Gasteiger partial charge in [0.05, 0.1) is 12.8 Å². The minimum Gasteiger partial charge on any atom is -0.496 e. The predicted molar refractivity (Wildman–Crippen MR) is 67.3 cm³/mol. The number of aromatic amines is 2. The normalized spacial score (nSPS) is 10.4. The molecule has 2 aromatic rings. The van der Waals surface area contributed by atoms with E-state index in [9.17, 15) is 0 Å². The first kappa shape index (κ1) is 11.0. The van der Waals surface area contributed by atoms with Gasteiger partial charge in [-0.05, 0) is 36.3 Å². The molecule has 0 aliphatic carbocycles. The molecule has 2 rings (SSSR count). The zero-order valence-corrected chi connectivity index (χ0v) is 10.1. The van der Waals surface area contributed by atoms with Crippen molar-refractivity contribution in [3.63, 3.8) is 0 Å². The van der Waals surface area contributed by atoms with Gasteiger partial charge in [-0.1, -0.05) is 13.0 Å². The number of benzene rings is 1. The number of aryl methyl sites for hydroxylation is 1. The maximum Gasteiger partial charge on any atom is 0.174 e. The minimum absolute atomic E-state index is 0.624. The Balaban J connectivity index is 2.56. The third-order valence-electron chi connectivity index (χ3n) is 2.56. The summed E-state index contributed by atoms with van der Waals surface area (Å²) >= 11 is 5.02. The highest BCUT2D eigenvalue weighted by molar-refractivity contribution is 7.71. The fourth-order valence-electron chi connectivity index (χ4n) is 1.66. The van der Waals surface area contributed by atoms with Gasteiger partial charge in [0, 0.05) is 11.8 Å². The van der Waals surface area contributed by atoms with E-state index < -0.39 is 0 Å². The average molecular weight is 234 g/mol. The SMILES string of the molecule is CCc1ccc(OC)c(-c2c[nH]c(=S)[nH]2)c1. The second kappa shape index (κ2) is 4.53. The average Bonchev–Trinajstić information content (AvgIpc) is 2.75. The Kier molecular flexibility index (Phi) is 3.10. The van der Waals surface area contributed by atoms with Crippen molar-refractivity contribution in [2.45, 2.75) is 13.3 Å². The van der Waals surface area contributed by atoms with Crippen LogP contribution in [0, 0.1) is 4.77 Å². The van der Waals surface area contributed by atoms with E-state index >= 15 is 0 Å². The number of hydrogen-bond donors (Lipinski definition) is 2. The van der Waals surface area contributed by atoms with Crippen LogP contribution in [-0.4, -0.2) is 17.1 Å². The van der Waals surface area contributed by atoms with Crippen LogP contribution in [0.2, 0.25) is 0 Å². The highest BCUT2D eigenvalue weighted by atomic mass is 32.1. The van der Waals surface area contributed by atoms with Crippen LogP contribution in [0.5, 0.6) is 5.75 Å². The van der Waals surface area contributed by atoms with Crippen LogP contribution in [0.25, 0.3) is 11.3 Å². The summed E-state index contributed by atoms with van der Waals surface area (Å²) in [6.45, 7) is 2.13. The molecule has 0 amide bonds. The zero-order chi connectivity index (χ0) is 11.5. The monoisotopic (exact) mass is 234 g/mol. The second-order valence-corrected chi connectivity index (χ2v) is 3.95. The summed E-state index contributed by atoms with van der Waals surface area (Å²) < 4.78 is 5.96. The Morgan fingerprint density at radius 1 is 1.38 bits per heavy atom. The van der Waals surface area contributed by atoms with Crippen LogP contribution in [0.1, 0.15) is 12.5 Å². The predicted octanol–water partition coefficient (Wildman–Crippen LogP) is 3.31. The molecule has 1 aromatic carbocycles. The lowest BCUT2D eigenvalue weighted by atomic mass is 10.1. The molecule has 0 spiro atoms. The summed E-state index contributed by atoms with van der Waals surface area (Å²) in [5, 5.41) is 0. The number of H-pyrrole nitrogens is 2. The van der Waals surface area contributed by atoms with E-state index in [2.05, 4.69) is 29.0 Å². The van der Waals surface area contributed by atoms with E-state index in [0.29, 0.717) is 4.77 Å². The first-order valence-corrected chi connectivity index (χ1v) is 5.60. The molecule has 0 bridgehead atoms. The second-order valence-electron chi connectivity index (χ2n) is 3.54. The van der Waals surface area contributed by atoms with Gasteiger partial charge in [-0.25, -0.2) is 0 Å². The Hall–Kier alpha value is -1.55. The lowest BCUT2D eigenvalue weighted by Crippen LogP contribution is -1.90. The zero-order valence-electron chi connectivity index (χ0n) is 9.33. The van der Waals surface area contributed by atoms with E-state index in [1.807, 2.05) is 12.3 Å². The molecule has 0 aliphatic rings. The van der Waals surface area contributed by atoms with E-state index in [1.54, 1.807) is 7.11 Å². The first-order valence-electron chi connectivity index (χ1n) is 5.19. The van der Waals surface area contributed by atoms with Gasteiger partial charge < -0.3 is 14.7 Å². The van der Waals surface area contributed by atoms with Gasteiger partial charge in [0.1, 0.15) is 5.75 Å². The standard InChI is InChI=1S/C12H14N2OS/c1-3-8-4-5-11(15-2)9(6-8)10-7-13-12(16)14-10/h4-7H,3H2,1-2H3,(H2,13,14,16). The van der Waals surface area contributed by atoms with Crippen molar-refractivity contribution in [2.24, 2.45) is 0 Å². The van der Waals surface area contributed by atoms with E-state index in [-0.39, 0.29) is 0 Å². The van der Waals surface area contributed by atoms with Gasteiger partial charge in [-0.2, -0.15) is 0 Å². The Morgan fingerprint density at radius 3 is 2.75 bits per heavy atom. The maximum atomic E-state index is 5.34. The molecule has 84 valence electrons. The molecular formula is C12H14N2OS. The molecule has 0 aliphatic heterocycles. The maximum absolute atomic E-state index is 5.34. The van der Waals surface area contributed by atoms with E-state index in [0.717, 1.165) is 23.4 Å². The summed E-state index contributed by atoms with van der Waals surface area (Å²) in [6.07, 6.45) is 2.86. The highest BCUT2D eigenvalue weighted by Crippen LogP contribution is 2.29. The van der Waals surface area contributed by atoms with Crippen LogP contribution >= 0.6 is 12.2 Å². The third-order valence-corrected chi connectivity index (χ3v) is 2.78. The Morgan fingerprint density at radius 2 is 2.19 bits per heavy atom. The van der Waals surface area contributed by atoms with Crippen molar-refractivity contribution in [3.8, 4) is 17.0 Å². The van der Waals surface area contributed by atoms with E-state index in [1.165, 1.54) is 5.56 Å². The first-order chi connectivity index (χ1) is 7.74. The van der Waals surface area contributed by atoms with Crippen molar-refractivity contribution in [3.05, 3.63) is 34.7 Å². The van der Waals surface area contributed by atoms with Crippen molar-refractivity contribution in [1.29, 1.82) is 0 Å². The lowest BCUT2D eigenvalue weighted by Gasteiger charge is -2.08. The van der Waals surface area contributed by atoms with E-state index in [4.69, 9.17) is 17.0 Å². The number of imidazole rings is 1. The Labute approximate surface area is 99.5 Å². The number of ether oxygens (including phenoxy) is 1. The van der Waals surface area contributed by atoms with Gasteiger partial charge in [-0.3, -0.25) is 0 Å². The largest absolute Gasteiger partial charge is 0.496 e. The third kappa shape index (κ3) is 2.02. The lowest BCUT2D eigenvalue weighted by molar-refractivity contribution is 0.416. The molecule has 0 saturated carbocycles. The molecule has 0 radical (unpaired) electrons. The fraction of sp³-hybridized carbons (Fsp3) is 0.250. The molecule has 0 saturated heterocycles.